The molecule has 0 saturated carbocycles. The van der Waals surface area contributed by atoms with Gasteiger partial charge in [0.05, 0.1) is 12.3 Å². The number of hydrogen-bond acceptors (Lipinski definition) is 3. The zero-order chi connectivity index (χ0) is 5.86. The lowest BCUT2D eigenvalue weighted by Gasteiger charge is -2.11. The summed E-state index contributed by atoms with van der Waals surface area (Å²) in [5.41, 5.74) is 10.4. The van der Waals surface area contributed by atoms with Gasteiger partial charge in [0.25, 0.3) is 0 Å². The third kappa shape index (κ3) is 2.56. The summed E-state index contributed by atoms with van der Waals surface area (Å²) in [6.07, 6.45) is -0.398. The summed E-state index contributed by atoms with van der Waals surface area (Å²) < 4.78 is 4.76. The monoisotopic (exact) mass is 104 g/mol. The molecule has 0 fully saturated rings. The fraction of sp³-hybridized carbons (Fsp3) is 1.00. The highest BCUT2D eigenvalue weighted by molar-refractivity contribution is 4.58. The van der Waals surface area contributed by atoms with E-state index < -0.39 is 0 Å². The molecule has 0 saturated heterocycles. The second-order valence-electron chi connectivity index (χ2n) is 1.52. The molecule has 7 heavy (non-hydrogen) atoms. The van der Waals surface area contributed by atoms with Crippen LogP contribution in [-0.4, -0.2) is 19.4 Å². The van der Waals surface area contributed by atoms with Gasteiger partial charge in [-0.15, -0.1) is 0 Å². The topological polar surface area (TPSA) is 61.3 Å². The van der Waals surface area contributed by atoms with Crippen molar-refractivity contribution in [3.05, 3.63) is 0 Å². The Morgan fingerprint density at radius 2 is 1.86 bits per heavy atom. The van der Waals surface area contributed by atoms with Gasteiger partial charge in [0, 0.05) is 7.11 Å². The molecule has 0 aromatic heterocycles. The minimum absolute atomic E-state index is 0.0417. The van der Waals surface area contributed by atoms with Crippen molar-refractivity contribution in [3.63, 3.8) is 0 Å². The predicted molar refractivity (Wildman–Crippen MR) is 28.6 cm³/mol. The van der Waals surface area contributed by atoms with Crippen LogP contribution < -0.4 is 11.5 Å². The van der Waals surface area contributed by atoms with E-state index in [0.29, 0.717) is 0 Å². The largest absolute Gasteiger partial charge is 0.379 e. The second kappa shape index (κ2) is 2.96. The molecular weight excluding hydrogens is 92.1 g/mol. The van der Waals surface area contributed by atoms with E-state index >= 15 is 0 Å². The van der Waals surface area contributed by atoms with E-state index in [1.165, 1.54) is 0 Å². The van der Waals surface area contributed by atoms with Gasteiger partial charge < -0.3 is 16.2 Å². The Bertz CT molecular complexity index is 47.0. The summed E-state index contributed by atoms with van der Waals surface area (Å²) in [7, 11) is 1.58. The molecule has 0 spiro atoms. The molecule has 0 heterocycles. The highest BCUT2D eigenvalue weighted by atomic mass is 16.5. The normalized spacial score (nSPS) is 15.0. The Balaban J connectivity index is 3.14. The lowest BCUT2D eigenvalue weighted by atomic mass is 10.3. The number of ether oxygens (including phenoxy) is 1. The second-order valence-corrected chi connectivity index (χ2v) is 1.52. The van der Waals surface area contributed by atoms with Crippen molar-refractivity contribution in [3.8, 4) is 0 Å². The predicted octanol–water partition coefficient (Wildman–Crippen LogP) is -0.735. The highest BCUT2D eigenvalue weighted by Gasteiger charge is 2.02. The van der Waals surface area contributed by atoms with Crippen molar-refractivity contribution in [1.82, 2.24) is 0 Å². The minimum Gasteiger partial charge on any atom is -0.379 e. The minimum atomic E-state index is -0.356. The number of hydrogen-bond donors (Lipinski definition) is 2. The Morgan fingerprint density at radius 3 is 1.86 bits per heavy atom. The van der Waals surface area contributed by atoms with E-state index in [4.69, 9.17) is 16.2 Å². The van der Waals surface area contributed by atoms with Crippen LogP contribution in [0.1, 0.15) is 6.92 Å². The SMILES string of the molecule is COC(C)C(N)N. The van der Waals surface area contributed by atoms with Crippen LogP contribution in [0, 0.1) is 0 Å². The molecule has 0 aliphatic carbocycles. The van der Waals surface area contributed by atoms with Gasteiger partial charge >= 0.3 is 0 Å². The third-order valence-electron chi connectivity index (χ3n) is 0.914. The zero-order valence-corrected chi connectivity index (χ0v) is 4.72. The maximum absolute atomic E-state index is 5.20. The molecule has 1 atom stereocenters. The van der Waals surface area contributed by atoms with E-state index in [1.807, 2.05) is 6.92 Å². The van der Waals surface area contributed by atoms with E-state index in [1.54, 1.807) is 7.11 Å². The lowest BCUT2D eigenvalue weighted by molar-refractivity contribution is 0.0974. The Morgan fingerprint density at radius 1 is 1.43 bits per heavy atom. The van der Waals surface area contributed by atoms with Gasteiger partial charge in [-0.1, -0.05) is 0 Å². The molecule has 0 aliphatic rings. The number of methoxy groups -OCH3 is 1. The first kappa shape index (κ1) is 6.88. The van der Waals surface area contributed by atoms with E-state index in [2.05, 4.69) is 0 Å². The van der Waals surface area contributed by atoms with Crippen molar-refractivity contribution >= 4 is 0 Å². The van der Waals surface area contributed by atoms with Crippen molar-refractivity contribution in [2.24, 2.45) is 11.5 Å². The van der Waals surface area contributed by atoms with Crippen molar-refractivity contribution in [2.45, 2.75) is 19.2 Å². The smallest absolute Gasteiger partial charge is 0.0823 e. The average Bonchev–Trinajstić information content (AvgIpc) is 1.65. The van der Waals surface area contributed by atoms with E-state index in [-0.39, 0.29) is 12.3 Å². The van der Waals surface area contributed by atoms with Crippen molar-refractivity contribution in [1.29, 1.82) is 0 Å². The molecule has 0 aliphatic heterocycles. The van der Waals surface area contributed by atoms with Crippen molar-refractivity contribution in [2.75, 3.05) is 7.11 Å². The van der Waals surface area contributed by atoms with Gasteiger partial charge in [-0.2, -0.15) is 0 Å². The van der Waals surface area contributed by atoms with Crippen LogP contribution in [0.2, 0.25) is 0 Å². The highest BCUT2D eigenvalue weighted by Crippen LogP contribution is 1.84. The van der Waals surface area contributed by atoms with Crippen LogP contribution in [0.5, 0.6) is 0 Å². The Labute approximate surface area is 43.6 Å². The Kier molecular flexibility index (Phi) is 2.91. The molecule has 0 rings (SSSR count). The van der Waals surface area contributed by atoms with Crippen LogP contribution >= 0.6 is 0 Å². The molecule has 3 heteroatoms. The summed E-state index contributed by atoms with van der Waals surface area (Å²) >= 11 is 0. The lowest BCUT2D eigenvalue weighted by Crippen LogP contribution is -2.41. The molecule has 0 amide bonds. The van der Waals surface area contributed by atoms with Gasteiger partial charge in [-0.3, -0.25) is 0 Å². The Hall–Kier alpha value is -0.120. The van der Waals surface area contributed by atoms with Gasteiger partial charge in [0.1, 0.15) is 0 Å². The molecule has 0 aromatic rings. The fourth-order valence-electron chi connectivity index (χ4n) is 0.157. The molecule has 44 valence electrons. The van der Waals surface area contributed by atoms with E-state index in [0.717, 1.165) is 0 Å². The summed E-state index contributed by atoms with van der Waals surface area (Å²) in [6.45, 7) is 1.82. The summed E-state index contributed by atoms with van der Waals surface area (Å²) in [5, 5.41) is 0. The summed E-state index contributed by atoms with van der Waals surface area (Å²) in [6, 6.07) is 0. The molecule has 1 unspecified atom stereocenters. The first-order chi connectivity index (χ1) is 3.18. The molecule has 0 radical (unpaired) electrons. The quantitative estimate of drug-likeness (QED) is 0.454. The van der Waals surface area contributed by atoms with Gasteiger partial charge in [0.15, 0.2) is 0 Å². The molecular formula is C4H12N2O. The maximum atomic E-state index is 5.20. The van der Waals surface area contributed by atoms with E-state index in [9.17, 15) is 0 Å². The molecule has 0 aromatic carbocycles. The van der Waals surface area contributed by atoms with Gasteiger partial charge in [0.2, 0.25) is 0 Å². The van der Waals surface area contributed by atoms with Crippen LogP contribution in [0.25, 0.3) is 0 Å². The number of rotatable bonds is 2. The molecule has 4 N–H and O–H groups in total. The van der Waals surface area contributed by atoms with Crippen molar-refractivity contribution < 1.29 is 4.74 Å². The fourth-order valence-corrected chi connectivity index (χ4v) is 0.157. The summed E-state index contributed by atoms with van der Waals surface area (Å²) in [4.78, 5) is 0. The zero-order valence-electron chi connectivity index (χ0n) is 4.72. The standard InChI is InChI=1S/C4H12N2O/c1-3(7-2)4(5)6/h3-4H,5-6H2,1-2H3. The molecule has 0 bridgehead atoms. The summed E-state index contributed by atoms with van der Waals surface area (Å²) in [5.74, 6) is 0. The molecule has 3 nitrogen and oxygen atoms in total. The third-order valence-corrected chi connectivity index (χ3v) is 0.914. The van der Waals surface area contributed by atoms with Crippen LogP contribution in [0.4, 0.5) is 0 Å². The average molecular weight is 104 g/mol. The van der Waals surface area contributed by atoms with Gasteiger partial charge in [-0.05, 0) is 6.92 Å². The van der Waals surface area contributed by atoms with Crippen LogP contribution in [0.15, 0.2) is 0 Å². The van der Waals surface area contributed by atoms with Crippen LogP contribution in [0.3, 0.4) is 0 Å². The van der Waals surface area contributed by atoms with Crippen LogP contribution in [-0.2, 0) is 4.74 Å². The number of nitrogens with two attached hydrogens (primary N) is 2. The first-order valence-corrected chi connectivity index (χ1v) is 2.22. The first-order valence-electron chi connectivity index (χ1n) is 2.22. The maximum Gasteiger partial charge on any atom is 0.0823 e. The van der Waals surface area contributed by atoms with Gasteiger partial charge in [-0.25, -0.2) is 0 Å².